The molecule has 100 valence electrons. The standard InChI is InChI=1S/C14H10BrN3O2/c15-9-3-1-8(2-4-9)12-6-5-10(20-12)7-11-13(16)17-18-14(11)19/h1-7H,(H2,16,17)(H,18,19). The Hall–Kier alpha value is -2.34. The summed E-state index contributed by atoms with van der Waals surface area (Å²) in [5.74, 6) is 1.10. The van der Waals surface area contributed by atoms with E-state index in [0.29, 0.717) is 11.3 Å². The number of amides is 1. The zero-order valence-corrected chi connectivity index (χ0v) is 11.8. The molecule has 0 spiro atoms. The van der Waals surface area contributed by atoms with Crippen LogP contribution in [0.1, 0.15) is 5.76 Å². The summed E-state index contributed by atoms with van der Waals surface area (Å²) in [6.07, 6.45) is 1.57. The number of furan rings is 1. The molecule has 1 aliphatic rings. The Bertz CT molecular complexity index is 729. The molecule has 1 aromatic heterocycles. The van der Waals surface area contributed by atoms with Crippen LogP contribution in [0.3, 0.4) is 0 Å². The molecule has 0 radical (unpaired) electrons. The van der Waals surface area contributed by atoms with E-state index in [2.05, 4.69) is 26.5 Å². The van der Waals surface area contributed by atoms with Gasteiger partial charge in [-0.25, -0.2) is 5.43 Å². The van der Waals surface area contributed by atoms with E-state index in [9.17, 15) is 4.79 Å². The van der Waals surface area contributed by atoms with E-state index >= 15 is 0 Å². The highest BCUT2D eigenvalue weighted by molar-refractivity contribution is 9.10. The van der Waals surface area contributed by atoms with Gasteiger partial charge in [-0.1, -0.05) is 28.1 Å². The van der Waals surface area contributed by atoms with Crippen LogP contribution in [0.15, 0.2) is 56.0 Å². The number of nitrogens with one attached hydrogen (secondary N) is 1. The number of nitrogens with two attached hydrogens (primary N) is 1. The predicted molar refractivity (Wildman–Crippen MR) is 79.6 cm³/mol. The Morgan fingerprint density at radius 1 is 1.20 bits per heavy atom. The number of benzene rings is 1. The van der Waals surface area contributed by atoms with Crippen molar-refractivity contribution in [3.05, 3.63) is 52.2 Å². The first-order valence-corrected chi connectivity index (χ1v) is 6.64. The fourth-order valence-corrected chi connectivity index (χ4v) is 2.09. The number of carbonyl (C=O) groups excluding carboxylic acids is 1. The minimum Gasteiger partial charge on any atom is -0.457 e. The molecule has 0 aliphatic carbocycles. The van der Waals surface area contributed by atoms with Crippen LogP contribution in [0.2, 0.25) is 0 Å². The largest absolute Gasteiger partial charge is 0.457 e. The zero-order chi connectivity index (χ0) is 14.1. The Labute approximate surface area is 123 Å². The number of hydrogen-bond acceptors (Lipinski definition) is 4. The molecule has 2 heterocycles. The van der Waals surface area contributed by atoms with Gasteiger partial charge in [0.2, 0.25) is 0 Å². The quantitative estimate of drug-likeness (QED) is 0.829. The summed E-state index contributed by atoms with van der Waals surface area (Å²) in [5, 5.41) is 3.65. The van der Waals surface area contributed by atoms with Gasteiger partial charge in [0, 0.05) is 10.0 Å². The highest BCUT2D eigenvalue weighted by Gasteiger charge is 2.20. The van der Waals surface area contributed by atoms with Crippen LogP contribution < -0.4 is 11.2 Å². The van der Waals surface area contributed by atoms with Crippen LogP contribution in [-0.2, 0) is 4.79 Å². The van der Waals surface area contributed by atoms with E-state index in [4.69, 9.17) is 10.2 Å². The molecular formula is C14H10BrN3O2. The zero-order valence-electron chi connectivity index (χ0n) is 10.3. The van der Waals surface area contributed by atoms with Gasteiger partial charge in [0.25, 0.3) is 5.91 Å². The van der Waals surface area contributed by atoms with Crippen LogP contribution in [0.25, 0.3) is 17.4 Å². The third-order valence-electron chi connectivity index (χ3n) is 2.84. The molecule has 0 saturated heterocycles. The minimum atomic E-state index is -0.330. The van der Waals surface area contributed by atoms with E-state index in [-0.39, 0.29) is 11.7 Å². The van der Waals surface area contributed by atoms with Gasteiger partial charge < -0.3 is 10.2 Å². The molecular weight excluding hydrogens is 322 g/mol. The first-order valence-electron chi connectivity index (χ1n) is 5.85. The van der Waals surface area contributed by atoms with Gasteiger partial charge in [-0.2, -0.15) is 5.10 Å². The topological polar surface area (TPSA) is 80.6 Å². The van der Waals surface area contributed by atoms with Crippen LogP contribution in [0, 0.1) is 0 Å². The first kappa shape index (κ1) is 12.7. The number of hydrogen-bond donors (Lipinski definition) is 2. The molecule has 0 saturated carbocycles. The summed E-state index contributed by atoms with van der Waals surface area (Å²) in [6, 6.07) is 11.4. The lowest BCUT2D eigenvalue weighted by atomic mass is 10.2. The average Bonchev–Trinajstić information content (AvgIpc) is 3.02. The van der Waals surface area contributed by atoms with E-state index in [1.54, 1.807) is 12.1 Å². The van der Waals surface area contributed by atoms with E-state index in [0.717, 1.165) is 15.8 Å². The van der Waals surface area contributed by atoms with Crippen molar-refractivity contribution >= 4 is 33.7 Å². The number of hydrazone groups is 1. The normalized spacial score (nSPS) is 16.4. The number of nitrogens with zero attached hydrogens (tertiary/aromatic N) is 1. The molecule has 3 N–H and O–H groups in total. The minimum absolute atomic E-state index is 0.164. The second kappa shape index (κ2) is 4.97. The molecule has 0 unspecified atom stereocenters. The maximum absolute atomic E-state index is 11.5. The maximum Gasteiger partial charge on any atom is 0.275 e. The Kier molecular flexibility index (Phi) is 3.15. The second-order valence-electron chi connectivity index (χ2n) is 4.20. The molecule has 5 nitrogen and oxygen atoms in total. The maximum atomic E-state index is 11.5. The van der Waals surface area contributed by atoms with Crippen LogP contribution >= 0.6 is 15.9 Å². The molecule has 0 atom stereocenters. The SMILES string of the molecule is NC1=NNC(=O)C1=Cc1ccc(-c2ccc(Br)cc2)o1. The summed E-state index contributed by atoms with van der Waals surface area (Å²) in [4.78, 5) is 11.5. The number of amidine groups is 1. The van der Waals surface area contributed by atoms with Crippen molar-refractivity contribution < 1.29 is 9.21 Å². The molecule has 1 aromatic carbocycles. The number of carbonyl (C=O) groups is 1. The smallest absolute Gasteiger partial charge is 0.275 e. The molecule has 3 rings (SSSR count). The molecule has 20 heavy (non-hydrogen) atoms. The van der Waals surface area contributed by atoms with Crippen molar-refractivity contribution in [1.82, 2.24) is 5.43 Å². The van der Waals surface area contributed by atoms with Gasteiger partial charge >= 0.3 is 0 Å². The monoisotopic (exact) mass is 331 g/mol. The Balaban J connectivity index is 1.91. The molecule has 1 amide bonds. The summed E-state index contributed by atoms with van der Waals surface area (Å²) in [7, 11) is 0. The number of rotatable bonds is 2. The third-order valence-corrected chi connectivity index (χ3v) is 3.37. The lowest BCUT2D eigenvalue weighted by Crippen LogP contribution is -2.16. The Morgan fingerprint density at radius 2 is 1.95 bits per heavy atom. The van der Waals surface area contributed by atoms with Crippen LogP contribution in [-0.4, -0.2) is 11.7 Å². The number of halogens is 1. The van der Waals surface area contributed by atoms with Crippen molar-refractivity contribution in [3.8, 4) is 11.3 Å². The highest BCUT2D eigenvalue weighted by Crippen LogP contribution is 2.25. The van der Waals surface area contributed by atoms with Crippen molar-refractivity contribution in [3.63, 3.8) is 0 Å². The van der Waals surface area contributed by atoms with E-state index < -0.39 is 0 Å². The van der Waals surface area contributed by atoms with Crippen molar-refractivity contribution in [2.75, 3.05) is 0 Å². The lowest BCUT2D eigenvalue weighted by molar-refractivity contribution is -0.116. The summed E-state index contributed by atoms with van der Waals surface area (Å²) in [6.45, 7) is 0. The van der Waals surface area contributed by atoms with Crippen molar-refractivity contribution in [2.45, 2.75) is 0 Å². The molecule has 2 aromatic rings. The fourth-order valence-electron chi connectivity index (χ4n) is 1.83. The molecule has 1 aliphatic heterocycles. The molecule has 0 fully saturated rings. The van der Waals surface area contributed by atoms with Crippen LogP contribution in [0.4, 0.5) is 0 Å². The van der Waals surface area contributed by atoms with Crippen molar-refractivity contribution in [2.24, 2.45) is 10.8 Å². The van der Waals surface area contributed by atoms with Gasteiger partial charge in [-0.05, 0) is 30.3 Å². The summed E-state index contributed by atoms with van der Waals surface area (Å²) >= 11 is 3.38. The van der Waals surface area contributed by atoms with Crippen LogP contribution in [0.5, 0.6) is 0 Å². The lowest BCUT2D eigenvalue weighted by Gasteiger charge is -1.97. The van der Waals surface area contributed by atoms with E-state index in [1.165, 1.54) is 0 Å². The Morgan fingerprint density at radius 3 is 2.60 bits per heavy atom. The average molecular weight is 332 g/mol. The van der Waals surface area contributed by atoms with Gasteiger partial charge in [0.1, 0.15) is 11.5 Å². The summed E-state index contributed by atoms with van der Waals surface area (Å²) < 4.78 is 6.69. The molecule has 6 heteroatoms. The van der Waals surface area contributed by atoms with Gasteiger partial charge in [0.05, 0.1) is 5.57 Å². The van der Waals surface area contributed by atoms with Gasteiger partial charge in [-0.15, -0.1) is 0 Å². The fraction of sp³-hybridized carbons (Fsp3) is 0. The van der Waals surface area contributed by atoms with Gasteiger partial charge in [-0.3, -0.25) is 4.79 Å². The van der Waals surface area contributed by atoms with Crippen molar-refractivity contribution in [1.29, 1.82) is 0 Å². The van der Waals surface area contributed by atoms with Gasteiger partial charge in [0.15, 0.2) is 5.84 Å². The van der Waals surface area contributed by atoms with E-state index in [1.807, 2.05) is 30.3 Å². The molecule has 0 bridgehead atoms. The third kappa shape index (κ3) is 2.37. The predicted octanol–water partition coefficient (Wildman–Crippen LogP) is 2.49. The highest BCUT2D eigenvalue weighted by atomic mass is 79.9. The second-order valence-corrected chi connectivity index (χ2v) is 5.12. The first-order chi connectivity index (χ1) is 9.63. The summed E-state index contributed by atoms with van der Waals surface area (Å²) in [5.41, 5.74) is 9.16.